The molecular formula is C25H20N2O5. The monoisotopic (exact) mass is 428 g/mol. The summed E-state index contributed by atoms with van der Waals surface area (Å²) >= 11 is 0. The van der Waals surface area contributed by atoms with Crippen LogP contribution in [0.1, 0.15) is 33.4 Å². The van der Waals surface area contributed by atoms with Crippen molar-refractivity contribution in [3.8, 4) is 5.75 Å². The van der Waals surface area contributed by atoms with Gasteiger partial charge >= 0.3 is 5.97 Å². The molecule has 0 atom stereocenters. The molecule has 1 aromatic heterocycles. The fourth-order valence-corrected chi connectivity index (χ4v) is 3.32. The summed E-state index contributed by atoms with van der Waals surface area (Å²) in [6, 6.07) is 20.7. The Morgan fingerprint density at radius 2 is 1.59 bits per heavy atom. The Morgan fingerprint density at radius 1 is 0.844 bits per heavy atom. The summed E-state index contributed by atoms with van der Waals surface area (Å²) in [5.74, 6) is -1.51. The molecule has 7 nitrogen and oxygen atoms in total. The molecule has 0 aliphatic heterocycles. The van der Waals surface area contributed by atoms with Crippen molar-refractivity contribution >= 4 is 40.1 Å². The maximum atomic E-state index is 13.1. The number of nitrogens with one attached hydrogen (secondary N) is 2. The van der Waals surface area contributed by atoms with E-state index in [1.807, 2.05) is 25.1 Å². The van der Waals surface area contributed by atoms with Gasteiger partial charge in [-0.05, 0) is 48.9 Å². The van der Waals surface area contributed by atoms with E-state index in [-0.39, 0.29) is 22.8 Å². The normalized spacial score (nSPS) is 10.6. The number of aryl methyl sites for hydroxylation is 1. The van der Waals surface area contributed by atoms with Gasteiger partial charge in [0.05, 0.1) is 5.56 Å². The van der Waals surface area contributed by atoms with Crippen molar-refractivity contribution < 1.29 is 23.5 Å². The summed E-state index contributed by atoms with van der Waals surface area (Å²) in [6.07, 6.45) is 0. The van der Waals surface area contributed by atoms with E-state index in [2.05, 4.69) is 10.6 Å². The molecule has 0 bridgehead atoms. The third kappa shape index (κ3) is 4.37. The lowest BCUT2D eigenvalue weighted by molar-refractivity contribution is -0.131. The number of benzene rings is 3. The van der Waals surface area contributed by atoms with Crippen LogP contribution in [0.25, 0.3) is 11.0 Å². The molecule has 2 N–H and O–H groups in total. The SMILES string of the molecule is CC(=O)Oc1ccccc1C(=O)Nc1c(C(=O)Nc2cccc(C)c2)oc2ccccc12. The van der Waals surface area contributed by atoms with Crippen LogP contribution in [0, 0.1) is 6.92 Å². The zero-order chi connectivity index (χ0) is 22.7. The van der Waals surface area contributed by atoms with Gasteiger partial charge in [-0.3, -0.25) is 14.4 Å². The van der Waals surface area contributed by atoms with E-state index in [0.717, 1.165) is 5.56 Å². The summed E-state index contributed by atoms with van der Waals surface area (Å²) < 4.78 is 10.9. The number of carbonyl (C=O) groups excluding carboxylic acids is 3. The van der Waals surface area contributed by atoms with Crippen LogP contribution in [-0.4, -0.2) is 17.8 Å². The van der Waals surface area contributed by atoms with Crippen LogP contribution in [0.15, 0.2) is 77.2 Å². The molecular weight excluding hydrogens is 408 g/mol. The lowest BCUT2D eigenvalue weighted by Crippen LogP contribution is -2.18. The first-order valence-corrected chi connectivity index (χ1v) is 9.90. The molecule has 0 unspecified atom stereocenters. The third-order valence-corrected chi connectivity index (χ3v) is 4.70. The van der Waals surface area contributed by atoms with Crippen molar-refractivity contribution in [1.29, 1.82) is 0 Å². The molecule has 4 rings (SSSR count). The highest BCUT2D eigenvalue weighted by Crippen LogP contribution is 2.32. The summed E-state index contributed by atoms with van der Waals surface area (Å²) in [6.45, 7) is 3.18. The molecule has 3 aromatic carbocycles. The Labute approximate surface area is 184 Å². The molecule has 0 radical (unpaired) electrons. The van der Waals surface area contributed by atoms with Crippen molar-refractivity contribution in [2.24, 2.45) is 0 Å². The maximum absolute atomic E-state index is 13.1. The van der Waals surface area contributed by atoms with Gasteiger partial charge in [-0.1, -0.05) is 36.4 Å². The van der Waals surface area contributed by atoms with Gasteiger partial charge in [0.1, 0.15) is 17.0 Å². The number of fused-ring (bicyclic) bond motifs is 1. The fourth-order valence-electron chi connectivity index (χ4n) is 3.32. The van der Waals surface area contributed by atoms with Crippen LogP contribution >= 0.6 is 0 Å². The minimum absolute atomic E-state index is 0.0361. The fraction of sp³-hybridized carbons (Fsp3) is 0.0800. The Kier molecular flexibility index (Phi) is 5.72. The minimum atomic E-state index is -0.544. The molecule has 0 saturated carbocycles. The Hall–Kier alpha value is -4.39. The second kappa shape index (κ2) is 8.77. The van der Waals surface area contributed by atoms with Crippen LogP contribution in [0.4, 0.5) is 11.4 Å². The first-order valence-electron chi connectivity index (χ1n) is 9.90. The molecule has 2 amide bonds. The van der Waals surface area contributed by atoms with Crippen molar-refractivity contribution in [3.05, 3.63) is 89.7 Å². The first kappa shape index (κ1) is 20.9. The number of carbonyl (C=O) groups is 3. The Bertz CT molecular complexity index is 1340. The van der Waals surface area contributed by atoms with Crippen LogP contribution in [0.2, 0.25) is 0 Å². The largest absolute Gasteiger partial charge is 0.449 e. The number of rotatable bonds is 5. The van der Waals surface area contributed by atoms with Gasteiger partial charge in [0.2, 0.25) is 5.76 Å². The highest BCUT2D eigenvalue weighted by Gasteiger charge is 2.24. The highest BCUT2D eigenvalue weighted by molar-refractivity contribution is 6.17. The van der Waals surface area contributed by atoms with Crippen LogP contribution < -0.4 is 15.4 Å². The van der Waals surface area contributed by atoms with Crippen molar-refractivity contribution in [1.82, 2.24) is 0 Å². The number of hydrogen-bond acceptors (Lipinski definition) is 5. The number of para-hydroxylation sites is 2. The molecule has 0 aliphatic rings. The van der Waals surface area contributed by atoms with Gasteiger partial charge in [-0.2, -0.15) is 0 Å². The average Bonchev–Trinajstić information content (AvgIpc) is 3.12. The third-order valence-electron chi connectivity index (χ3n) is 4.70. The van der Waals surface area contributed by atoms with Gasteiger partial charge in [0.25, 0.3) is 11.8 Å². The molecule has 4 aromatic rings. The number of ether oxygens (including phenoxy) is 1. The van der Waals surface area contributed by atoms with Crippen molar-refractivity contribution in [2.75, 3.05) is 10.6 Å². The number of hydrogen-bond donors (Lipinski definition) is 2. The molecule has 0 aliphatic carbocycles. The van der Waals surface area contributed by atoms with E-state index in [0.29, 0.717) is 16.7 Å². The standard InChI is InChI=1S/C25H20N2O5/c1-15-8-7-9-17(14-15)26-25(30)23-22(18-10-3-5-12-20(18)32-23)27-24(29)19-11-4-6-13-21(19)31-16(2)28/h3-14H,1-2H3,(H,26,30)(H,27,29). The molecule has 32 heavy (non-hydrogen) atoms. The van der Waals surface area contributed by atoms with Gasteiger partial charge in [0.15, 0.2) is 0 Å². The highest BCUT2D eigenvalue weighted by atomic mass is 16.5. The van der Waals surface area contributed by atoms with Crippen LogP contribution in [0.3, 0.4) is 0 Å². The quantitative estimate of drug-likeness (QED) is 0.338. The minimum Gasteiger partial charge on any atom is -0.449 e. The predicted molar refractivity (Wildman–Crippen MR) is 121 cm³/mol. The van der Waals surface area contributed by atoms with E-state index in [1.165, 1.54) is 19.1 Å². The van der Waals surface area contributed by atoms with Crippen molar-refractivity contribution in [3.63, 3.8) is 0 Å². The van der Waals surface area contributed by atoms with Gasteiger partial charge in [-0.15, -0.1) is 0 Å². The average molecular weight is 428 g/mol. The second-order valence-corrected chi connectivity index (χ2v) is 7.17. The van der Waals surface area contributed by atoms with E-state index >= 15 is 0 Å². The second-order valence-electron chi connectivity index (χ2n) is 7.17. The van der Waals surface area contributed by atoms with E-state index in [4.69, 9.17) is 9.15 Å². The van der Waals surface area contributed by atoms with E-state index in [1.54, 1.807) is 42.5 Å². The van der Waals surface area contributed by atoms with E-state index < -0.39 is 17.8 Å². The Balaban J connectivity index is 1.70. The summed E-state index contributed by atoms with van der Waals surface area (Å²) in [5.41, 5.74) is 2.42. The van der Waals surface area contributed by atoms with E-state index in [9.17, 15) is 14.4 Å². The Morgan fingerprint density at radius 3 is 2.38 bits per heavy atom. The van der Waals surface area contributed by atoms with Crippen molar-refractivity contribution in [2.45, 2.75) is 13.8 Å². The number of amides is 2. The molecule has 0 saturated heterocycles. The number of anilines is 2. The smallest absolute Gasteiger partial charge is 0.308 e. The lowest BCUT2D eigenvalue weighted by Gasteiger charge is -2.10. The number of furan rings is 1. The molecule has 7 heteroatoms. The summed E-state index contributed by atoms with van der Waals surface area (Å²) in [7, 11) is 0. The predicted octanol–water partition coefficient (Wildman–Crippen LogP) is 5.17. The number of esters is 1. The molecule has 1 heterocycles. The maximum Gasteiger partial charge on any atom is 0.308 e. The summed E-state index contributed by atoms with van der Waals surface area (Å²) in [4.78, 5) is 37.5. The van der Waals surface area contributed by atoms with Crippen LogP contribution in [-0.2, 0) is 4.79 Å². The first-order chi connectivity index (χ1) is 15.4. The zero-order valence-corrected chi connectivity index (χ0v) is 17.5. The molecule has 0 spiro atoms. The zero-order valence-electron chi connectivity index (χ0n) is 17.5. The topological polar surface area (TPSA) is 97.6 Å². The van der Waals surface area contributed by atoms with Gasteiger partial charge in [-0.25, -0.2) is 0 Å². The molecule has 160 valence electrons. The van der Waals surface area contributed by atoms with Gasteiger partial charge in [0, 0.05) is 18.0 Å². The van der Waals surface area contributed by atoms with Crippen LogP contribution in [0.5, 0.6) is 5.75 Å². The molecule has 0 fully saturated rings. The lowest BCUT2D eigenvalue weighted by atomic mass is 10.1. The summed E-state index contributed by atoms with van der Waals surface area (Å²) in [5, 5.41) is 6.12. The van der Waals surface area contributed by atoms with Gasteiger partial charge < -0.3 is 19.8 Å².